The number of hydrogen-bond donors (Lipinski definition) is 0. The average Bonchev–Trinajstić information content (AvgIpc) is 3.20. The second kappa shape index (κ2) is 7.08. The molecule has 21 heavy (non-hydrogen) atoms. The molecule has 2 fully saturated rings. The van der Waals surface area contributed by atoms with Crippen LogP contribution < -0.4 is 0 Å². The highest BCUT2D eigenvalue weighted by atomic mass is 16.6. The van der Waals surface area contributed by atoms with Crippen LogP contribution in [0.25, 0.3) is 0 Å². The highest BCUT2D eigenvalue weighted by molar-refractivity contribution is 5.21. The highest BCUT2D eigenvalue weighted by Gasteiger charge is 2.59. The zero-order valence-electron chi connectivity index (χ0n) is 14.1. The van der Waals surface area contributed by atoms with E-state index >= 15 is 0 Å². The molecule has 1 aliphatic heterocycles. The van der Waals surface area contributed by atoms with Gasteiger partial charge in [0.05, 0.1) is 18.8 Å². The summed E-state index contributed by atoms with van der Waals surface area (Å²) < 4.78 is 17.6. The largest absolute Gasteiger partial charge is 0.378 e. The summed E-state index contributed by atoms with van der Waals surface area (Å²) in [6.45, 7) is 10.1. The Morgan fingerprint density at radius 1 is 1.29 bits per heavy atom. The second-order valence-electron chi connectivity index (χ2n) is 6.53. The van der Waals surface area contributed by atoms with Gasteiger partial charge in [0.1, 0.15) is 5.60 Å². The Kier molecular flexibility index (Phi) is 5.64. The van der Waals surface area contributed by atoms with Crippen molar-refractivity contribution in [1.82, 2.24) is 0 Å². The smallest absolute Gasteiger partial charge is 0.101 e. The van der Waals surface area contributed by atoms with Gasteiger partial charge in [0.2, 0.25) is 0 Å². The van der Waals surface area contributed by atoms with Gasteiger partial charge in [-0.3, -0.25) is 0 Å². The molecule has 0 bridgehead atoms. The Morgan fingerprint density at radius 2 is 2.00 bits per heavy atom. The van der Waals surface area contributed by atoms with E-state index in [4.69, 9.17) is 14.2 Å². The molecule has 3 nitrogen and oxygen atoms in total. The molecule has 1 saturated heterocycles. The molecule has 4 atom stereocenters. The number of allylic oxidation sites excluding steroid dienone is 3. The predicted molar refractivity (Wildman–Crippen MR) is 85.4 cm³/mol. The van der Waals surface area contributed by atoms with Gasteiger partial charge in [-0.15, -0.1) is 0 Å². The first kappa shape index (κ1) is 16.7. The molecule has 0 aromatic heterocycles. The van der Waals surface area contributed by atoms with Crippen molar-refractivity contribution in [3.63, 3.8) is 0 Å². The lowest BCUT2D eigenvalue weighted by Gasteiger charge is -2.41. The fraction of sp³-hybridized carbons (Fsp3) is 0.778. The molecule has 2 aliphatic rings. The summed E-state index contributed by atoms with van der Waals surface area (Å²) in [5.74, 6) is 0.318. The van der Waals surface area contributed by atoms with Crippen molar-refractivity contribution in [1.29, 1.82) is 0 Å². The lowest BCUT2D eigenvalue weighted by molar-refractivity contribution is -0.112. The van der Waals surface area contributed by atoms with Crippen LogP contribution in [-0.4, -0.2) is 38.1 Å². The molecule has 0 N–H and O–H groups in total. The zero-order chi connectivity index (χ0) is 15.5. The van der Waals surface area contributed by atoms with Gasteiger partial charge in [-0.05, 0) is 47.0 Å². The van der Waals surface area contributed by atoms with E-state index in [1.165, 1.54) is 11.1 Å². The lowest BCUT2D eigenvalue weighted by atomic mass is 9.72. The maximum atomic E-state index is 5.91. The molecule has 0 radical (unpaired) electrons. The fourth-order valence-corrected chi connectivity index (χ4v) is 3.60. The minimum absolute atomic E-state index is 0.0137. The minimum atomic E-state index is 0.0137. The van der Waals surface area contributed by atoms with Crippen LogP contribution >= 0.6 is 0 Å². The standard InChI is InChI=1S/C18H30O3/c1-6-20-15-10-11-18(12-21-18)16(17(15)19-5)14(4)9-7-8-13(2)3/h8-9,15-17H,6-7,10-12H2,1-5H3/b14-9+/t15?,16?,17?,18-/m0/s1. The van der Waals surface area contributed by atoms with Crippen LogP contribution in [0.3, 0.4) is 0 Å². The molecular formula is C18H30O3. The van der Waals surface area contributed by atoms with Crippen molar-refractivity contribution < 1.29 is 14.2 Å². The number of hydrogen-bond acceptors (Lipinski definition) is 3. The summed E-state index contributed by atoms with van der Waals surface area (Å²) in [6, 6.07) is 0. The van der Waals surface area contributed by atoms with E-state index in [9.17, 15) is 0 Å². The van der Waals surface area contributed by atoms with Crippen LogP contribution in [0, 0.1) is 5.92 Å². The van der Waals surface area contributed by atoms with Crippen LogP contribution in [-0.2, 0) is 14.2 Å². The average molecular weight is 294 g/mol. The van der Waals surface area contributed by atoms with Crippen molar-refractivity contribution in [3.05, 3.63) is 23.3 Å². The summed E-state index contributed by atoms with van der Waals surface area (Å²) in [5, 5.41) is 0. The number of ether oxygens (including phenoxy) is 3. The summed E-state index contributed by atoms with van der Waals surface area (Å²) >= 11 is 0. The summed E-state index contributed by atoms with van der Waals surface area (Å²) in [5.41, 5.74) is 2.75. The van der Waals surface area contributed by atoms with E-state index < -0.39 is 0 Å². The highest BCUT2D eigenvalue weighted by Crippen LogP contribution is 2.50. The third-order valence-corrected chi connectivity index (χ3v) is 4.74. The number of epoxide rings is 1. The Hall–Kier alpha value is -0.640. The third-order valence-electron chi connectivity index (χ3n) is 4.74. The Labute approximate surface area is 129 Å². The molecule has 2 rings (SSSR count). The van der Waals surface area contributed by atoms with E-state index in [-0.39, 0.29) is 17.8 Å². The molecular weight excluding hydrogens is 264 g/mol. The second-order valence-corrected chi connectivity index (χ2v) is 6.53. The number of rotatable bonds is 6. The van der Waals surface area contributed by atoms with E-state index in [0.717, 1.165) is 32.5 Å². The molecule has 120 valence electrons. The van der Waals surface area contributed by atoms with E-state index in [0.29, 0.717) is 5.92 Å². The molecule has 1 saturated carbocycles. The molecule has 1 heterocycles. The number of methoxy groups -OCH3 is 1. The SMILES string of the molecule is CCOC1CC[C@]2(CO2)C(/C(C)=C/CC=C(C)C)C1OC. The summed E-state index contributed by atoms with van der Waals surface area (Å²) in [7, 11) is 1.80. The Bertz CT molecular complexity index is 403. The Morgan fingerprint density at radius 3 is 2.52 bits per heavy atom. The van der Waals surface area contributed by atoms with Crippen LogP contribution in [0.5, 0.6) is 0 Å². The molecule has 1 aliphatic carbocycles. The van der Waals surface area contributed by atoms with Gasteiger partial charge in [0.25, 0.3) is 0 Å². The maximum Gasteiger partial charge on any atom is 0.101 e. The van der Waals surface area contributed by atoms with Gasteiger partial charge >= 0.3 is 0 Å². The molecule has 0 amide bonds. The molecule has 1 spiro atoms. The predicted octanol–water partition coefficient (Wildman–Crippen LogP) is 3.89. The zero-order valence-corrected chi connectivity index (χ0v) is 14.1. The van der Waals surface area contributed by atoms with Gasteiger partial charge in [-0.25, -0.2) is 0 Å². The van der Waals surface area contributed by atoms with Gasteiger partial charge in [0, 0.05) is 19.6 Å². The third kappa shape index (κ3) is 3.77. The topological polar surface area (TPSA) is 31.0 Å². The van der Waals surface area contributed by atoms with Crippen LogP contribution in [0.4, 0.5) is 0 Å². The summed E-state index contributed by atoms with van der Waals surface area (Å²) in [4.78, 5) is 0. The van der Waals surface area contributed by atoms with Crippen molar-refractivity contribution in [2.75, 3.05) is 20.3 Å². The maximum absolute atomic E-state index is 5.91. The van der Waals surface area contributed by atoms with Crippen molar-refractivity contribution in [3.8, 4) is 0 Å². The van der Waals surface area contributed by atoms with Crippen LogP contribution in [0.2, 0.25) is 0 Å². The van der Waals surface area contributed by atoms with Gasteiger partial charge in [-0.1, -0.05) is 23.3 Å². The fourth-order valence-electron chi connectivity index (χ4n) is 3.60. The Balaban J connectivity index is 2.16. The summed E-state index contributed by atoms with van der Waals surface area (Å²) in [6.07, 6.45) is 7.96. The van der Waals surface area contributed by atoms with Crippen molar-refractivity contribution in [2.45, 2.75) is 64.8 Å². The van der Waals surface area contributed by atoms with E-state index in [2.05, 4.69) is 39.8 Å². The van der Waals surface area contributed by atoms with Crippen molar-refractivity contribution in [2.24, 2.45) is 5.92 Å². The normalized spacial score (nSPS) is 35.9. The first-order valence-electron chi connectivity index (χ1n) is 8.12. The quantitative estimate of drug-likeness (QED) is 0.550. The minimum Gasteiger partial charge on any atom is -0.378 e. The lowest BCUT2D eigenvalue weighted by Crippen LogP contribution is -2.49. The monoisotopic (exact) mass is 294 g/mol. The van der Waals surface area contributed by atoms with Gasteiger partial charge < -0.3 is 14.2 Å². The molecule has 3 heteroatoms. The molecule has 3 unspecified atom stereocenters. The van der Waals surface area contributed by atoms with Crippen molar-refractivity contribution >= 4 is 0 Å². The first-order chi connectivity index (χ1) is 10.0. The molecule has 0 aromatic rings. The van der Waals surface area contributed by atoms with Gasteiger partial charge in [-0.2, -0.15) is 0 Å². The van der Waals surface area contributed by atoms with E-state index in [1.807, 2.05) is 0 Å². The first-order valence-corrected chi connectivity index (χ1v) is 8.12. The molecule has 0 aromatic carbocycles. The van der Waals surface area contributed by atoms with E-state index in [1.54, 1.807) is 7.11 Å². The van der Waals surface area contributed by atoms with Crippen LogP contribution in [0.1, 0.15) is 47.0 Å². The van der Waals surface area contributed by atoms with Crippen LogP contribution in [0.15, 0.2) is 23.3 Å². The van der Waals surface area contributed by atoms with Gasteiger partial charge in [0.15, 0.2) is 0 Å².